The number of aliphatic hydroxyl groups is 1. The van der Waals surface area contributed by atoms with Crippen LogP contribution in [-0.2, 0) is 16.9 Å². The lowest BCUT2D eigenvalue weighted by Gasteiger charge is -2.41. The van der Waals surface area contributed by atoms with Gasteiger partial charge in [-0.3, -0.25) is 4.98 Å². The average Bonchev–Trinajstić information content (AvgIpc) is 3.49. The Bertz CT molecular complexity index is 1620. The van der Waals surface area contributed by atoms with E-state index >= 15 is 0 Å². The number of pyridine rings is 1. The van der Waals surface area contributed by atoms with E-state index in [-0.39, 0.29) is 35.6 Å². The standard InChI is InChI=1S/C28H24Cl2FN3O5S/c29-18-9-32-10-19(30)22(18)23-17(25(39-34-23)12-1-2-12)11-38-16-7-14-3-4-15(8-16)28(14,37)27-33-24-20(31)5-13(26(35)36)6-21(24)40-27/h5-6,9-10,12,14-16,37H,1-4,7-8,11H2,(H,35,36)/t14-,15+,16+,28-. The molecule has 208 valence electrons. The monoisotopic (exact) mass is 603 g/mol. The van der Waals surface area contributed by atoms with Crippen LogP contribution in [0.2, 0.25) is 10.0 Å². The zero-order chi connectivity index (χ0) is 27.8. The molecule has 0 spiro atoms. The predicted molar refractivity (Wildman–Crippen MR) is 146 cm³/mol. The summed E-state index contributed by atoms with van der Waals surface area (Å²) in [6.07, 6.45) is 7.81. The second kappa shape index (κ2) is 9.73. The molecule has 0 saturated heterocycles. The van der Waals surface area contributed by atoms with Crippen LogP contribution in [0, 0.1) is 17.7 Å². The number of carbonyl (C=O) groups is 1. The number of nitrogens with zero attached hydrogens (tertiary/aromatic N) is 3. The van der Waals surface area contributed by atoms with E-state index < -0.39 is 17.4 Å². The maximum absolute atomic E-state index is 14.7. The van der Waals surface area contributed by atoms with Crippen LogP contribution in [0.5, 0.6) is 0 Å². The van der Waals surface area contributed by atoms with Crippen molar-refractivity contribution in [1.82, 2.24) is 15.1 Å². The molecule has 3 fully saturated rings. The number of carboxylic acids is 1. The van der Waals surface area contributed by atoms with Crippen molar-refractivity contribution in [3.8, 4) is 11.3 Å². The highest BCUT2D eigenvalue weighted by atomic mass is 35.5. The van der Waals surface area contributed by atoms with Crippen LogP contribution in [0.15, 0.2) is 29.0 Å². The van der Waals surface area contributed by atoms with Crippen molar-refractivity contribution in [2.24, 2.45) is 11.8 Å². The third-order valence-electron chi connectivity index (χ3n) is 8.56. The van der Waals surface area contributed by atoms with Gasteiger partial charge in [0.1, 0.15) is 27.6 Å². The fraction of sp³-hybridized carbons (Fsp3) is 0.429. The quantitative estimate of drug-likeness (QED) is 0.233. The fourth-order valence-corrected chi connectivity index (χ4v) is 8.24. The minimum Gasteiger partial charge on any atom is -0.478 e. The Balaban J connectivity index is 1.14. The van der Waals surface area contributed by atoms with Gasteiger partial charge in [0.2, 0.25) is 0 Å². The van der Waals surface area contributed by atoms with E-state index in [1.165, 1.54) is 29.8 Å². The Labute approximate surface area is 242 Å². The summed E-state index contributed by atoms with van der Waals surface area (Å²) in [5.74, 6) is -1.04. The zero-order valence-electron chi connectivity index (χ0n) is 21.1. The second-order valence-electron chi connectivity index (χ2n) is 11.0. The highest BCUT2D eigenvalue weighted by molar-refractivity contribution is 7.18. The van der Waals surface area contributed by atoms with E-state index in [2.05, 4.69) is 15.1 Å². The molecular weight excluding hydrogens is 580 g/mol. The van der Waals surface area contributed by atoms with Gasteiger partial charge in [-0.25, -0.2) is 14.2 Å². The van der Waals surface area contributed by atoms with E-state index in [0.29, 0.717) is 49.8 Å². The van der Waals surface area contributed by atoms with E-state index in [1.807, 2.05) is 0 Å². The summed E-state index contributed by atoms with van der Waals surface area (Å²) in [6, 6.07) is 2.38. The number of aromatic nitrogens is 3. The van der Waals surface area contributed by atoms with E-state index in [1.54, 1.807) is 0 Å². The highest BCUT2D eigenvalue weighted by Gasteiger charge is 2.56. The van der Waals surface area contributed by atoms with Crippen molar-refractivity contribution in [1.29, 1.82) is 0 Å². The van der Waals surface area contributed by atoms with Gasteiger partial charge >= 0.3 is 5.97 Å². The third-order valence-corrected chi connectivity index (χ3v) is 10.3. The lowest BCUT2D eigenvalue weighted by molar-refractivity contribution is -0.116. The van der Waals surface area contributed by atoms with Crippen LogP contribution in [-0.4, -0.2) is 37.4 Å². The van der Waals surface area contributed by atoms with Gasteiger partial charge in [0, 0.05) is 29.4 Å². The van der Waals surface area contributed by atoms with Crippen LogP contribution in [0.3, 0.4) is 0 Å². The van der Waals surface area contributed by atoms with Gasteiger partial charge in [0.25, 0.3) is 0 Å². The summed E-state index contributed by atoms with van der Waals surface area (Å²) in [4.78, 5) is 19.9. The Hall–Kier alpha value is -2.63. The number of thiazole rings is 1. The first-order valence-electron chi connectivity index (χ1n) is 13.2. The van der Waals surface area contributed by atoms with Crippen molar-refractivity contribution in [2.75, 3.05) is 0 Å². The molecule has 2 N–H and O–H groups in total. The van der Waals surface area contributed by atoms with Gasteiger partial charge in [-0.15, -0.1) is 11.3 Å². The zero-order valence-corrected chi connectivity index (χ0v) is 23.4. The second-order valence-corrected chi connectivity index (χ2v) is 12.8. The first-order valence-corrected chi connectivity index (χ1v) is 14.8. The molecule has 7 rings (SSSR count). The molecule has 3 aromatic heterocycles. The SMILES string of the molecule is O=C(O)c1cc(F)c2nc([C@@]3(O)[C@@H]4CC[C@H]3C[C@@H](OCc3c(-c5c(Cl)cncc5Cl)noc3C3CC3)C4)sc2c1. The van der Waals surface area contributed by atoms with Gasteiger partial charge < -0.3 is 19.5 Å². The number of halogens is 3. The molecule has 2 bridgehead atoms. The van der Waals surface area contributed by atoms with Crippen LogP contribution >= 0.6 is 34.5 Å². The third kappa shape index (κ3) is 4.23. The molecule has 0 radical (unpaired) electrons. The molecule has 4 aromatic rings. The molecule has 3 aliphatic carbocycles. The number of rotatable bonds is 7. The van der Waals surface area contributed by atoms with Crippen LogP contribution in [0.4, 0.5) is 4.39 Å². The average molecular weight is 604 g/mol. The lowest BCUT2D eigenvalue weighted by atomic mass is 9.73. The maximum atomic E-state index is 14.7. The van der Waals surface area contributed by atoms with E-state index in [9.17, 15) is 19.4 Å². The minimum absolute atomic E-state index is 0.0947. The van der Waals surface area contributed by atoms with E-state index in [0.717, 1.165) is 43.1 Å². The first-order chi connectivity index (χ1) is 19.2. The molecule has 0 amide bonds. The molecule has 3 aliphatic rings. The van der Waals surface area contributed by atoms with Crippen molar-refractivity contribution < 1.29 is 28.7 Å². The molecule has 40 heavy (non-hydrogen) atoms. The molecule has 8 nitrogen and oxygen atoms in total. The summed E-state index contributed by atoms with van der Waals surface area (Å²) >= 11 is 14.0. The van der Waals surface area contributed by atoms with Gasteiger partial charge in [0.05, 0.1) is 33.0 Å². The molecular formula is C28H24Cl2FN3O5S. The lowest BCUT2D eigenvalue weighted by Crippen LogP contribution is -2.44. The summed E-state index contributed by atoms with van der Waals surface area (Å²) in [5.41, 5.74) is 0.713. The molecule has 12 heteroatoms. The molecule has 3 heterocycles. The fourth-order valence-electron chi connectivity index (χ4n) is 6.43. The Kier molecular flexibility index (Phi) is 6.40. The Morgan fingerprint density at radius 1 is 1.15 bits per heavy atom. The summed E-state index contributed by atoms with van der Waals surface area (Å²) < 4.78 is 27.3. The maximum Gasteiger partial charge on any atom is 0.335 e. The predicted octanol–water partition coefficient (Wildman–Crippen LogP) is 6.96. The van der Waals surface area contributed by atoms with Gasteiger partial charge in [-0.2, -0.15) is 0 Å². The van der Waals surface area contributed by atoms with Crippen LogP contribution in [0.1, 0.15) is 71.1 Å². The minimum atomic E-state index is -1.21. The number of ether oxygens (including phenoxy) is 1. The number of hydrogen-bond acceptors (Lipinski definition) is 8. The number of hydrogen-bond donors (Lipinski definition) is 2. The normalized spacial score (nSPS) is 26.1. The number of fused-ring (bicyclic) bond motifs is 3. The van der Waals surface area contributed by atoms with Gasteiger partial charge in [-0.1, -0.05) is 28.4 Å². The highest BCUT2D eigenvalue weighted by Crippen LogP contribution is 2.57. The topological polar surface area (TPSA) is 119 Å². The molecule has 0 unspecified atom stereocenters. The largest absolute Gasteiger partial charge is 0.478 e. The number of benzene rings is 1. The molecule has 4 atom stereocenters. The molecule has 3 saturated carbocycles. The summed E-state index contributed by atoms with van der Waals surface area (Å²) in [5, 5.41) is 26.8. The molecule has 0 aliphatic heterocycles. The first kappa shape index (κ1) is 26.3. The summed E-state index contributed by atoms with van der Waals surface area (Å²) in [6.45, 7) is 0.270. The van der Waals surface area contributed by atoms with Crippen molar-refractivity contribution in [3.63, 3.8) is 0 Å². The summed E-state index contributed by atoms with van der Waals surface area (Å²) in [7, 11) is 0. The Morgan fingerprint density at radius 3 is 2.50 bits per heavy atom. The smallest absolute Gasteiger partial charge is 0.335 e. The van der Waals surface area contributed by atoms with Crippen LogP contribution in [0.25, 0.3) is 21.5 Å². The van der Waals surface area contributed by atoms with Crippen molar-refractivity contribution in [3.05, 3.63) is 62.3 Å². The van der Waals surface area contributed by atoms with Crippen molar-refractivity contribution in [2.45, 2.75) is 62.8 Å². The van der Waals surface area contributed by atoms with Crippen molar-refractivity contribution >= 4 is 50.7 Å². The van der Waals surface area contributed by atoms with Gasteiger partial charge in [0.15, 0.2) is 5.82 Å². The number of aromatic carboxylic acids is 1. The Morgan fingerprint density at radius 2 is 1.85 bits per heavy atom. The van der Waals surface area contributed by atoms with Gasteiger partial charge in [-0.05, 0) is 62.5 Å². The van der Waals surface area contributed by atoms with E-state index in [4.69, 9.17) is 32.5 Å². The van der Waals surface area contributed by atoms with Crippen LogP contribution < -0.4 is 0 Å². The number of carboxylic acid groups (broad SMARTS) is 1. The molecule has 1 aromatic carbocycles.